The van der Waals surface area contributed by atoms with Gasteiger partial charge < -0.3 is 20.3 Å². The summed E-state index contributed by atoms with van der Waals surface area (Å²) >= 11 is 1.35. The lowest BCUT2D eigenvalue weighted by atomic mass is 10.2. The molecule has 0 spiro atoms. The van der Waals surface area contributed by atoms with Gasteiger partial charge in [-0.25, -0.2) is 19.8 Å². The van der Waals surface area contributed by atoms with E-state index >= 15 is 0 Å². The number of ether oxygens (including phenoxy) is 1. The van der Waals surface area contributed by atoms with E-state index in [0.717, 1.165) is 22.9 Å². The molecule has 0 saturated carbocycles. The summed E-state index contributed by atoms with van der Waals surface area (Å²) in [6.07, 6.45) is 1.79. The third-order valence-electron chi connectivity index (χ3n) is 4.03. The highest BCUT2D eigenvalue weighted by molar-refractivity contribution is 7.13. The number of nitrogens with zero attached hydrogens (tertiary/aromatic N) is 4. The zero-order valence-corrected chi connectivity index (χ0v) is 18.8. The minimum atomic E-state index is -0.323. The number of aromatic nitrogens is 2. The average Bonchev–Trinajstić information content (AvgIpc) is 3.08. The van der Waals surface area contributed by atoms with Gasteiger partial charge in [0, 0.05) is 26.8 Å². The van der Waals surface area contributed by atoms with E-state index in [1.54, 1.807) is 13.1 Å². The van der Waals surface area contributed by atoms with Crippen molar-refractivity contribution in [3.05, 3.63) is 39.5 Å². The Morgan fingerprint density at radius 3 is 2.79 bits per heavy atom. The molecule has 0 aliphatic carbocycles. The number of carbonyl (C=O) groups excluding carboxylic acids is 1. The van der Waals surface area contributed by atoms with Crippen molar-refractivity contribution in [3.63, 3.8) is 0 Å². The van der Waals surface area contributed by atoms with E-state index in [4.69, 9.17) is 4.74 Å². The fraction of sp³-hybridized carbons (Fsp3) is 0.500. The molecule has 2 aromatic rings. The van der Waals surface area contributed by atoms with E-state index in [0.29, 0.717) is 29.7 Å². The van der Waals surface area contributed by atoms with Gasteiger partial charge in [-0.2, -0.15) is 0 Å². The fourth-order valence-electron chi connectivity index (χ4n) is 2.55. The molecule has 2 heterocycles. The van der Waals surface area contributed by atoms with Crippen molar-refractivity contribution >= 4 is 29.1 Å². The van der Waals surface area contributed by atoms with Crippen molar-refractivity contribution in [2.24, 2.45) is 4.99 Å². The number of thiazole rings is 1. The fourth-order valence-corrected chi connectivity index (χ4v) is 3.51. The Morgan fingerprint density at radius 2 is 2.14 bits per heavy atom. The van der Waals surface area contributed by atoms with Crippen LogP contribution in [-0.2, 0) is 11.3 Å². The van der Waals surface area contributed by atoms with Crippen molar-refractivity contribution in [3.8, 4) is 0 Å². The lowest BCUT2D eigenvalue weighted by Crippen LogP contribution is -2.38. The normalized spacial score (nSPS) is 12.4. The van der Waals surface area contributed by atoms with E-state index in [1.807, 2.05) is 51.9 Å². The standard InChI is InChI=1S/C20H30N6O2S/c1-7-21-20(23-12-15-9-10-22-16(11-15)26(5)6)25-14(4)18-24-13(3)17(29-18)19(27)28-8-2/h9-11,14H,7-8,12H2,1-6H3,(H2,21,23,25). The summed E-state index contributed by atoms with van der Waals surface area (Å²) in [5, 5.41) is 7.43. The number of esters is 1. The smallest absolute Gasteiger partial charge is 0.350 e. The van der Waals surface area contributed by atoms with Crippen molar-refractivity contribution < 1.29 is 9.53 Å². The third-order valence-corrected chi connectivity index (χ3v) is 5.35. The van der Waals surface area contributed by atoms with Crippen LogP contribution in [0.15, 0.2) is 23.3 Å². The SMILES string of the molecule is CCNC(=NCc1ccnc(N(C)C)c1)NC(C)c1nc(C)c(C(=O)OCC)s1. The molecule has 0 aromatic carbocycles. The van der Waals surface area contributed by atoms with E-state index < -0.39 is 0 Å². The second-order valence-corrected chi connectivity index (χ2v) is 7.70. The lowest BCUT2D eigenvalue weighted by Gasteiger charge is -2.16. The minimum absolute atomic E-state index is 0.102. The Morgan fingerprint density at radius 1 is 1.38 bits per heavy atom. The zero-order chi connectivity index (χ0) is 21.4. The molecule has 1 unspecified atom stereocenters. The highest BCUT2D eigenvalue weighted by atomic mass is 32.1. The minimum Gasteiger partial charge on any atom is -0.462 e. The molecule has 0 aliphatic rings. The van der Waals surface area contributed by atoms with Crippen molar-refractivity contribution in [1.82, 2.24) is 20.6 Å². The van der Waals surface area contributed by atoms with Gasteiger partial charge in [0.15, 0.2) is 5.96 Å². The summed E-state index contributed by atoms with van der Waals surface area (Å²) in [5.41, 5.74) is 1.76. The van der Waals surface area contributed by atoms with E-state index in [1.165, 1.54) is 11.3 Å². The van der Waals surface area contributed by atoms with Gasteiger partial charge in [0.1, 0.15) is 15.7 Å². The van der Waals surface area contributed by atoms with Gasteiger partial charge in [0.2, 0.25) is 0 Å². The number of guanidine groups is 1. The molecule has 2 rings (SSSR count). The monoisotopic (exact) mass is 418 g/mol. The van der Waals surface area contributed by atoms with Crippen LogP contribution in [0.3, 0.4) is 0 Å². The molecule has 0 fully saturated rings. The maximum atomic E-state index is 12.0. The summed E-state index contributed by atoms with van der Waals surface area (Å²) in [5.74, 6) is 1.26. The van der Waals surface area contributed by atoms with E-state index in [9.17, 15) is 4.79 Å². The quantitative estimate of drug-likeness (QED) is 0.387. The van der Waals surface area contributed by atoms with Crippen LogP contribution in [-0.4, -0.2) is 49.1 Å². The summed E-state index contributed by atoms with van der Waals surface area (Å²) in [6, 6.07) is 3.88. The van der Waals surface area contributed by atoms with Crippen LogP contribution < -0.4 is 15.5 Å². The van der Waals surface area contributed by atoms with Gasteiger partial charge in [-0.15, -0.1) is 11.3 Å². The topological polar surface area (TPSA) is 91.7 Å². The van der Waals surface area contributed by atoms with Gasteiger partial charge >= 0.3 is 5.97 Å². The lowest BCUT2D eigenvalue weighted by molar-refractivity contribution is 0.0531. The van der Waals surface area contributed by atoms with Gasteiger partial charge in [0.05, 0.1) is 24.9 Å². The number of nitrogens with one attached hydrogen (secondary N) is 2. The maximum absolute atomic E-state index is 12.0. The first-order valence-corrected chi connectivity index (χ1v) is 10.5. The summed E-state index contributed by atoms with van der Waals surface area (Å²) < 4.78 is 5.10. The first kappa shape index (κ1) is 22.6. The van der Waals surface area contributed by atoms with Crippen LogP contribution in [0.1, 0.15) is 52.7 Å². The molecular formula is C20H30N6O2S. The molecule has 0 bridgehead atoms. The van der Waals surface area contributed by atoms with E-state index in [-0.39, 0.29) is 12.0 Å². The Hall–Kier alpha value is -2.68. The second kappa shape index (κ2) is 10.8. The second-order valence-electron chi connectivity index (χ2n) is 6.67. The number of hydrogen-bond donors (Lipinski definition) is 2. The number of carbonyl (C=O) groups is 1. The van der Waals surface area contributed by atoms with Crippen LogP contribution in [0.2, 0.25) is 0 Å². The van der Waals surface area contributed by atoms with Crippen molar-refractivity contribution in [1.29, 1.82) is 0 Å². The van der Waals surface area contributed by atoms with Gasteiger partial charge in [-0.05, 0) is 45.4 Å². The largest absolute Gasteiger partial charge is 0.462 e. The number of rotatable bonds is 8. The predicted octanol–water partition coefficient (Wildman–Crippen LogP) is 2.91. The van der Waals surface area contributed by atoms with Gasteiger partial charge in [-0.3, -0.25) is 0 Å². The third kappa shape index (κ3) is 6.42. The number of pyridine rings is 1. The van der Waals surface area contributed by atoms with Gasteiger partial charge in [-0.1, -0.05) is 0 Å². The highest BCUT2D eigenvalue weighted by Gasteiger charge is 2.20. The summed E-state index contributed by atoms with van der Waals surface area (Å²) in [7, 11) is 3.92. The van der Waals surface area contributed by atoms with Gasteiger partial charge in [0.25, 0.3) is 0 Å². The molecule has 2 N–H and O–H groups in total. The van der Waals surface area contributed by atoms with Crippen LogP contribution in [0.5, 0.6) is 0 Å². The van der Waals surface area contributed by atoms with Crippen LogP contribution >= 0.6 is 11.3 Å². The molecule has 9 heteroatoms. The average molecular weight is 419 g/mol. The maximum Gasteiger partial charge on any atom is 0.350 e. The molecule has 0 amide bonds. The molecule has 1 atom stereocenters. The molecule has 2 aromatic heterocycles. The predicted molar refractivity (Wildman–Crippen MR) is 118 cm³/mol. The highest BCUT2D eigenvalue weighted by Crippen LogP contribution is 2.24. The van der Waals surface area contributed by atoms with Crippen LogP contribution in [0, 0.1) is 6.92 Å². The summed E-state index contributed by atoms with van der Waals surface area (Å²) in [6.45, 7) is 9.24. The first-order chi connectivity index (χ1) is 13.8. The van der Waals surface area contributed by atoms with E-state index in [2.05, 4.69) is 25.6 Å². The van der Waals surface area contributed by atoms with Crippen molar-refractivity contribution in [2.45, 2.75) is 40.3 Å². The number of aliphatic imine (C=N–C) groups is 1. The molecular weight excluding hydrogens is 388 g/mol. The first-order valence-electron chi connectivity index (χ1n) is 9.67. The molecule has 0 saturated heterocycles. The zero-order valence-electron chi connectivity index (χ0n) is 17.9. The van der Waals surface area contributed by atoms with Crippen molar-refractivity contribution in [2.75, 3.05) is 32.1 Å². The number of hydrogen-bond acceptors (Lipinski definition) is 7. The molecule has 0 radical (unpaired) electrons. The summed E-state index contributed by atoms with van der Waals surface area (Å²) in [4.78, 5) is 28.1. The molecule has 158 valence electrons. The Labute approximate surface area is 176 Å². The van der Waals surface area contributed by atoms with Crippen LogP contribution in [0.4, 0.5) is 5.82 Å². The van der Waals surface area contributed by atoms with Crippen LogP contribution in [0.25, 0.3) is 0 Å². The number of anilines is 1. The molecule has 8 nitrogen and oxygen atoms in total. The molecule has 29 heavy (non-hydrogen) atoms. The Balaban J connectivity index is 2.11. The number of aryl methyl sites for hydroxylation is 1. The Kier molecular flexibility index (Phi) is 8.38. The Bertz CT molecular complexity index is 849. The molecule has 0 aliphatic heterocycles.